The van der Waals surface area contributed by atoms with E-state index in [1.54, 1.807) is 18.2 Å². The van der Waals surface area contributed by atoms with E-state index in [2.05, 4.69) is 4.98 Å². The predicted molar refractivity (Wildman–Crippen MR) is 73.8 cm³/mol. The lowest BCUT2D eigenvalue weighted by atomic mass is 9.91. The van der Waals surface area contributed by atoms with Gasteiger partial charge in [-0.1, -0.05) is 11.6 Å². The van der Waals surface area contributed by atoms with E-state index in [0.717, 1.165) is 11.2 Å². The van der Waals surface area contributed by atoms with E-state index >= 15 is 0 Å². The number of rotatable bonds is 2. The van der Waals surface area contributed by atoms with Gasteiger partial charge in [0.1, 0.15) is 5.76 Å². The number of hydrogen-bond donors (Lipinski definition) is 3. The fourth-order valence-corrected chi connectivity index (χ4v) is 2.72. The second kappa shape index (κ2) is 4.38. The van der Waals surface area contributed by atoms with Gasteiger partial charge in [0.2, 0.25) is 0 Å². The standard InChI is InChI=1S/C14H10ClNO4/c15-6-1-3-9-8(5-6)11-10(16-9)4-2-7(12(11)17)13(18)14(19)20/h1,3,5,16-17H,2,4H2,(H,19,20). The highest BCUT2D eigenvalue weighted by Crippen LogP contribution is 2.36. The van der Waals surface area contributed by atoms with E-state index in [-0.39, 0.29) is 17.8 Å². The number of H-pyrrole nitrogens is 1. The minimum Gasteiger partial charge on any atom is -0.507 e. The molecule has 0 amide bonds. The summed E-state index contributed by atoms with van der Waals surface area (Å²) in [6, 6.07) is 5.18. The summed E-state index contributed by atoms with van der Waals surface area (Å²) in [7, 11) is 0. The second-order valence-electron chi connectivity index (χ2n) is 4.63. The minimum absolute atomic E-state index is 0.0640. The van der Waals surface area contributed by atoms with Gasteiger partial charge in [-0.2, -0.15) is 0 Å². The number of carboxylic acids is 1. The van der Waals surface area contributed by atoms with E-state index in [0.29, 0.717) is 22.4 Å². The van der Waals surface area contributed by atoms with Crippen LogP contribution < -0.4 is 0 Å². The minimum atomic E-state index is -1.56. The van der Waals surface area contributed by atoms with Crippen molar-refractivity contribution in [2.24, 2.45) is 0 Å². The molecule has 1 heterocycles. The highest BCUT2D eigenvalue weighted by Gasteiger charge is 2.29. The summed E-state index contributed by atoms with van der Waals surface area (Å²) in [6.45, 7) is 0. The van der Waals surface area contributed by atoms with Crippen molar-refractivity contribution in [1.29, 1.82) is 0 Å². The number of benzene rings is 1. The van der Waals surface area contributed by atoms with Crippen LogP contribution in [0.2, 0.25) is 5.02 Å². The summed E-state index contributed by atoms with van der Waals surface area (Å²) in [6.07, 6.45) is 0.671. The number of fused-ring (bicyclic) bond motifs is 3. The number of Topliss-reactive ketones (excluding diaryl/α,β-unsaturated/α-hetero) is 1. The third-order valence-electron chi connectivity index (χ3n) is 3.45. The Bertz CT molecular complexity index is 788. The molecule has 1 aromatic heterocycles. The van der Waals surface area contributed by atoms with E-state index in [9.17, 15) is 14.7 Å². The number of aryl methyl sites for hydroxylation is 1. The van der Waals surface area contributed by atoms with Gasteiger partial charge in [-0.25, -0.2) is 4.79 Å². The number of aliphatic carboxylic acids is 1. The first-order valence-electron chi connectivity index (χ1n) is 5.99. The average Bonchev–Trinajstić information content (AvgIpc) is 2.76. The quantitative estimate of drug-likeness (QED) is 0.742. The molecule has 1 aliphatic rings. The molecule has 0 unspecified atom stereocenters. The number of carboxylic acid groups (broad SMARTS) is 1. The topological polar surface area (TPSA) is 90.4 Å². The molecule has 1 aromatic carbocycles. The van der Waals surface area contributed by atoms with Crippen molar-refractivity contribution in [2.45, 2.75) is 12.8 Å². The Balaban J connectivity index is 2.27. The van der Waals surface area contributed by atoms with Gasteiger partial charge < -0.3 is 15.2 Å². The molecule has 0 fully saturated rings. The molecule has 1 aliphatic carbocycles. The number of carbonyl (C=O) groups excluding carboxylic acids is 1. The Morgan fingerprint density at radius 2 is 2.00 bits per heavy atom. The summed E-state index contributed by atoms with van der Waals surface area (Å²) >= 11 is 5.94. The highest BCUT2D eigenvalue weighted by atomic mass is 35.5. The van der Waals surface area contributed by atoms with E-state index < -0.39 is 11.8 Å². The van der Waals surface area contributed by atoms with Gasteiger partial charge in [-0.15, -0.1) is 0 Å². The molecule has 20 heavy (non-hydrogen) atoms. The molecule has 0 saturated heterocycles. The molecule has 3 N–H and O–H groups in total. The molecule has 3 rings (SSSR count). The average molecular weight is 292 g/mol. The van der Waals surface area contributed by atoms with Gasteiger partial charge in [0, 0.05) is 32.8 Å². The van der Waals surface area contributed by atoms with Gasteiger partial charge in [0.25, 0.3) is 5.78 Å². The van der Waals surface area contributed by atoms with Crippen molar-refractivity contribution < 1.29 is 19.8 Å². The van der Waals surface area contributed by atoms with Crippen LogP contribution in [0.1, 0.15) is 17.7 Å². The third-order valence-corrected chi connectivity index (χ3v) is 3.69. The monoisotopic (exact) mass is 291 g/mol. The molecular formula is C14H10ClNO4. The van der Waals surface area contributed by atoms with E-state index in [4.69, 9.17) is 16.7 Å². The number of aliphatic hydroxyl groups is 1. The Kier molecular flexibility index (Phi) is 2.79. The van der Waals surface area contributed by atoms with Crippen molar-refractivity contribution >= 4 is 40.0 Å². The number of hydrogen-bond acceptors (Lipinski definition) is 3. The second-order valence-corrected chi connectivity index (χ2v) is 5.07. The maximum atomic E-state index is 11.6. The number of carbonyl (C=O) groups is 2. The smallest absolute Gasteiger partial charge is 0.377 e. The molecule has 2 aromatic rings. The van der Waals surface area contributed by atoms with Crippen LogP contribution in [0.15, 0.2) is 23.8 Å². The van der Waals surface area contributed by atoms with Crippen molar-refractivity contribution in [3.8, 4) is 0 Å². The molecule has 0 saturated carbocycles. The molecule has 0 spiro atoms. The highest BCUT2D eigenvalue weighted by molar-refractivity contribution is 6.41. The summed E-state index contributed by atoms with van der Waals surface area (Å²) in [5.74, 6) is -2.90. The molecule has 5 nitrogen and oxygen atoms in total. The van der Waals surface area contributed by atoms with Crippen LogP contribution in [0, 0.1) is 0 Å². The number of aliphatic hydroxyl groups excluding tert-OH is 1. The molecular weight excluding hydrogens is 282 g/mol. The maximum absolute atomic E-state index is 11.6. The first-order valence-corrected chi connectivity index (χ1v) is 6.37. The van der Waals surface area contributed by atoms with Crippen molar-refractivity contribution in [1.82, 2.24) is 4.98 Å². The van der Waals surface area contributed by atoms with Crippen molar-refractivity contribution in [3.05, 3.63) is 40.1 Å². The zero-order valence-corrected chi connectivity index (χ0v) is 11.0. The lowest BCUT2D eigenvalue weighted by molar-refractivity contribution is -0.147. The SMILES string of the molecule is O=C(O)C(=O)C1=C(O)c2c([nH]c3ccc(Cl)cc23)CC1. The maximum Gasteiger partial charge on any atom is 0.377 e. The number of aromatic nitrogens is 1. The normalized spacial score (nSPS) is 14.4. The van der Waals surface area contributed by atoms with Gasteiger partial charge in [-0.3, -0.25) is 4.79 Å². The zero-order chi connectivity index (χ0) is 14.4. The summed E-state index contributed by atoms with van der Waals surface area (Å²) < 4.78 is 0. The molecule has 0 radical (unpaired) electrons. The van der Waals surface area contributed by atoms with Crippen LogP contribution in [-0.4, -0.2) is 26.9 Å². The Labute approximate surface area is 118 Å². The number of aromatic amines is 1. The van der Waals surface area contributed by atoms with Crippen molar-refractivity contribution in [3.63, 3.8) is 0 Å². The molecule has 6 heteroatoms. The van der Waals surface area contributed by atoms with Gasteiger partial charge in [-0.05, 0) is 31.0 Å². The fourth-order valence-electron chi connectivity index (χ4n) is 2.55. The predicted octanol–water partition coefficient (Wildman–Crippen LogP) is 2.69. The molecule has 0 atom stereocenters. The Hall–Kier alpha value is -2.27. The molecule has 102 valence electrons. The fraction of sp³-hybridized carbons (Fsp3) is 0.143. The summed E-state index contributed by atoms with van der Waals surface area (Å²) in [4.78, 5) is 25.5. The third kappa shape index (κ3) is 1.78. The molecule has 0 aliphatic heterocycles. The lowest BCUT2D eigenvalue weighted by Crippen LogP contribution is -2.19. The van der Waals surface area contributed by atoms with Crippen LogP contribution in [0.5, 0.6) is 0 Å². The van der Waals surface area contributed by atoms with Crippen LogP contribution in [0.3, 0.4) is 0 Å². The molecule has 0 bridgehead atoms. The largest absolute Gasteiger partial charge is 0.507 e. The van der Waals surface area contributed by atoms with Crippen LogP contribution in [-0.2, 0) is 16.0 Å². The first kappa shape index (κ1) is 12.7. The van der Waals surface area contributed by atoms with Gasteiger partial charge in [0.05, 0.1) is 0 Å². The van der Waals surface area contributed by atoms with Crippen LogP contribution in [0.4, 0.5) is 0 Å². The first-order chi connectivity index (χ1) is 9.49. The number of ketones is 1. The summed E-state index contributed by atoms with van der Waals surface area (Å²) in [5.41, 5.74) is 1.97. The number of halogens is 1. The Morgan fingerprint density at radius 1 is 1.25 bits per heavy atom. The van der Waals surface area contributed by atoms with Crippen LogP contribution >= 0.6 is 11.6 Å². The Morgan fingerprint density at radius 3 is 2.70 bits per heavy atom. The number of nitrogens with one attached hydrogen (secondary N) is 1. The zero-order valence-electron chi connectivity index (χ0n) is 10.2. The van der Waals surface area contributed by atoms with Crippen molar-refractivity contribution in [2.75, 3.05) is 0 Å². The van der Waals surface area contributed by atoms with Gasteiger partial charge >= 0.3 is 5.97 Å². The van der Waals surface area contributed by atoms with Crippen LogP contribution in [0.25, 0.3) is 16.7 Å². The lowest BCUT2D eigenvalue weighted by Gasteiger charge is -2.14. The van der Waals surface area contributed by atoms with E-state index in [1.165, 1.54) is 0 Å². The van der Waals surface area contributed by atoms with E-state index in [1.807, 2.05) is 0 Å². The summed E-state index contributed by atoms with van der Waals surface area (Å²) in [5, 5.41) is 20.2. The van der Waals surface area contributed by atoms with Gasteiger partial charge in [0.15, 0.2) is 0 Å².